The van der Waals surface area contributed by atoms with Crippen molar-refractivity contribution in [2.24, 2.45) is 0 Å². The Morgan fingerprint density at radius 3 is 2.50 bits per heavy atom. The first-order chi connectivity index (χ1) is 8.52. The molecule has 0 fully saturated rings. The maximum absolute atomic E-state index is 11.1. The van der Waals surface area contributed by atoms with Crippen LogP contribution in [-0.4, -0.2) is 25.8 Å². The van der Waals surface area contributed by atoms with Crippen molar-refractivity contribution in [3.05, 3.63) is 39.5 Å². The van der Waals surface area contributed by atoms with Crippen LogP contribution in [0.5, 0.6) is 0 Å². The number of carboxylic acid groups (broad SMARTS) is 1. The SMILES string of the molecule is CC(C)c1c(I)c(C(=O)O)nn1-c1ccncc1. The molecule has 2 aromatic rings. The lowest BCUT2D eigenvalue weighted by Gasteiger charge is -2.10. The minimum absolute atomic E-state index is 0.0936. The molecule has 0 aromatic carbocycles. The highest BCUT2D eigenvalue weighted by molar-refractivity contribution is 14.1. The Kier molecular flexibility index (Phi) is 3.65. The first-order valence-electron chi connectivity index (χ1n) is 5.44. The van der Waals surface area contributed by atoms with Crippen LogP contribution < -0.4 is 0 Å². The second-order valence-corrected chi connectivity index (χ2v) is 5.20. The van der Waals surface area contributed by atoms with E-state index in [1.54, 1.807) is 29.2 Å². The van der Waals surface area contributed by atoms with Crippen LogP contribution in [0.1, 0.15) is 35.9 Å². The Morgan fingerprint density at radius 2 is 2.00 bits per heavy atom. The topological polar surface area (TPSA) is 68.0 Å². The molecular formula is C12H12IN3O2. The lowest BCUT2D eigenvalue weighted by Crippen LogP contribution is -2.05. The Labute approximate surface area is 118 Å². The van der Waals surface area contributed by atoms with E-state index < -0.39 is 5.97 Å². The number of hydrogen-bond acceptors (Lipinski definition) is 3. The van der Waals surface area contributed by atoms with Gasteiger partial charge in [0.05, 0.1) is 15.0 Å². The number of nitrogens with zero attached hydrogens (tertiary/aromatic N) is 3. The molecule has 0 aliphatic heterocycles. The standard InChI is InChI=1S/C12H12IN3O2/c1-7(2)11-9(13)10(12(17)18)15-16(11)8-3-5-14-6-4-8/h3-7H,1-2H3,(H,17,18). The van der Waals surface area contributed by atoms with Gasteiger partial charge in [-0.25, -0.2) is 9.48 Å². The van der Waals surface area contributed by atoms with E-state index in [0.29, 0.717) is 3.57 Å². The Bertz CT molecular complexity index is 579. The summed E-state index contributed by atoms with van der Waals surface area (Å²) < 4.78 is 2.37. The molecule has 18 heavy (non-hydrogen) atoms. The minimum Gasteiger partial charge on any atom is -0.476 e. The highest BCUT2D eigenvalue weighted by Crippen LogP contribution is 2.27. The normalized spacial score (nSPS) is 10.9. The summed E-state index contributed by atoms with van der Waals surface area (Å²) in [6.07, 6.45) is 3.32. The molecule has 5 nitrogen and oxygen atoms in total. The summed E-state index contributed by atoms with van der Waals surface area (Å²) in [5, 5.41) is 13.3. The van der Waals surface area contributed by atoms with Gasteiger partial charge in [0.15, 0.2) is 5.69 Å². The molecular weight excluding hydrogens is 345 g/mol. The molecule has 2 rings (SSSR count). The third kappa shape index (κ3) is 2.24. The molecule has 2 aromatic heterocycles. The van der Waals surface area contributed by atoms with Gasteiger partial charge in [0, 0.05) is 12.4 Å². The first-order valence-corrected chi connectivity index (χ1v) is 6.52. The fourth-order valence-electron chi connectivity index (χ4n) is 1.73. The quantitative estimate of drug-likeness (QED) is 0.858. The van der Waals surface area contributed by atoms with E-state index in [-0.39, 0.29) is 11.6 Å². The van der Waals surface area contributed by atoms with Gasteiger partial charge >= 0.3 is 5.97 Å². The number of rotatable bonds is 3. The average Bonchev–Trinajstić information content (AvgIpc) is 2.68. The zero-order valence-electron chi connectivity index (χ0n) is 9.96. The molecule has 0 saturated heterocycles. The maximum Gasteiger partial charge on any atom is 0.357 e. The second kappa shape index (κ2) is 5.05. The number of hydrogen-bond donors (Lipinski definition) is 1. The van der Waals surface area contributed by atoms with E-state index >= 15 is 0 Å². The second-order valence-electron chi connectivity index (χ2n) is 4.12. The van der Waals surface area contributed by atoms with Crippen LogP contribution in [0.15, 0.2) is 24.5 Å². The van der Waals surface area contributed by atoms with Crippen molar-refractivity contribution in [3.8, 4) is 5.69 Å². The fourth-order valence-corrected chi connectivity index (χ4v) is 2.92. The Balaban J connectivity index is 2.67. The van der Waals surface area contributed by atoms with Crippen LogP contribution in [0.25, 0.3) is 5.69 Å². The number of halogens is 1. The van der Waals surface area contributed by atoms with Crippen molar-refractivity contribution in [2.45, 2.75) is 19.8 Å². The third-order valence-corrected chi connectivity index (χ3v) is 3.58. The summed E-state index contributed by atoms with van der Waals surface area (Å²) in [7, 11) is 0. The molecule has 0 bridgehead atoms. The molecule has 0 spiro atoms. The summed E-state index contributed by atoms with van der Waals surface area (Å²) in [4.78, 5) is 15.1. The minimum atomic E-state index is -1.01. The zero-order valence-corrected chi connectivity index (χ0v) is 12.1. The van der Waals surface area contributed by atoms with Crippen molar-refractivity contribution in [1.82, 2.24) is 14.8 Å². The van der Waals surface area contributed by atoms with Gasteiger partial charge in [-0.3, -0.25) is 4.98 Å². The van der Waals surface area contributed by atoms with E-state index in [2.05, 4.69) is 10.1 Å². The lowest BCUT2D eigenvalue weighted by molar-refractivity contribution is 0.0689. The predicted molar refractivity (Wildman–Crippen MR) is 75.1 cm³/mol. The molecule has 0 unspecified atom stereocenters. The van der Waals surface area contributed by atoms with E-state index in [9.17, 15) is 4.79 Å². The highest BCUT2D eigenvalue weighted by atomic mass is 127. The molecule has 0 saturated carbocycles. The molecule has 6 heteroatoms. The number of carbonyl (C=O) groups is 1. The van der Waals surface area contributed by atoms with E-state index in [1.807, 2.05) is 36.4 Å². The van der Waals surface area contributed by atoms with Crippen LogP contribution >= 0.6 is 22.6 Å². The molecule has 0 aliphatic carbocycles. The zero-order chi connectivity index (χ0) is 13.3. The van der Waals surface area contributed by atoms with E-state index in [4.69, 9.17) is 5.11 Å². The number of aromatic carboxylic acids is 1. The van der Waals surface area contributed by atoms with Crippen molar-refractivity contribution >= 4 is 28.6 Å². The van der Waals surface area contributed by atoms with Crippen molar-refractivity contribution in [1.29, 1.82) is 0 Å². The summed E-state index contributed by atoms with van der Waals surface area (Å²) in [6.45, 7) is 4.03. The lowest BCUT2D eigenvalue weighted by atomic mass is 10.1. The fraction of sp³-hybridized carbons (Fsp3) is 0.250. The van der Waals surface area contributed by atoms with Crippen LogP contribution in [0, 0.1) is 3.57 Å². The van der Waals surface area contributed by atoms with Crippen molar-refractivity contribution in [3.63, 3.8) is 0 Å². The van der Waals surface area contributed by atoms with Gasteiger partial charge in [-0.05, 0) is 40.6 Å². The first kappa shape index (κ1) is 13.0. The maximum atomic E-state index is 11.1. The average molecular weight is 357 g/mol. The predicted octanol–water partition coefficient (Wildman–Crippen LogP) is 2.69. The third-order valence-electron chi connectivity index (χ3n) is 2.52. The monoisotopic (exact) mass is 357 g/mol. The van der Waals surface area contributed by atoms with Gasteiger partial charge in [0.25, 0.3) is 0 Å². The number of aromatic nitrogens is 3. The highest BCUT2D eigenvalue weighted by Gasteiger charge is 2.23. The van der Waals surface area contributed by atoms with Gasteiger partial charge in [-0.1, -0.05) is 13.8 Å². The number of pyridine rings is 1. The van der Waals surface area contributed by atoms with Crippen molar-refractivity contribution in [2.75, 3.05) is 0 Å². The van der Waals surface area contributed by atoms with Crippen molar-refractivity contribution < 1.29 is 9.90 Å². The molecule has 0 aliphatic rings. The Hall–Kier alpha value is -1.44. The summed E-state index contributed by atoms with van der Waals surface area (Å²) in [6, 6.07) is 3.61. The van der Waals surface area contributed by atoms with Crippen LogP contribution in [0.2, 0.25) is 0 Å². The molecule has 2 heterocycles. The van der Waals surface area contributed by atoms with Crippen LogP contribution in [-0.2, 0) is 0 Å². The molecule has 94 valence electrons. The van der Waals surface area contributed by atoms with Gasteiger partial charge in [-0.2, -0.15) is 5.10 Å². The van der Waals surface area contributed by atoms with E-state index in [0.717, 1.165) is 11.4 Å². The molecule has 0 radical (unpaired) electrons. The van der Waals surface area contributed by atoms with Gasteiger partial charge in [0.1, 0.15) is 0 Å². The largest absolute Gasteiger partial charge is 0.476 e. The Morgan fingerprint density at radius 1 is 1.39 bits per heavy atom. The molecule has 0 atom stereocenters. The number of carboxylic acids is 1. The summed E-state index contributed by atoms with van der Waals surface area (Å²) in [5.74, 6) is -0.820. The summed E-state index contributed by atoms with van der Waals surface area (Å²) >= 11 is 2.04. The summed E-state index contributed by atoms with van der Waals surface area (Å²) in [5.41, 5.74) is 1.81. The smallest absolute Gasteiger partial charge is 0.357 e. The van der Waals surface area contributed by atoms with E-state index in [1.165, 1.54) is 0 Å². The van der Waals surface area contributed by atoms with Gasteiger partial charge in [0.2, 0.25) is 0 Å². The van der Waals surface area contributed by atoms with Crippen LogP contribution in [0.3, 0.4) is 0 Å². The molecule has 1 N–H and O–H groups in total. The molecule has 0 amide bonds. The van der Waals surface area contributed by atoms with Crippen LogP contribution in [0.4, 0.5) is 0 Å². The van der Waals surface area contributed by atoms with Gasteiger partial charge in [-0.15, -0.1) is 0 Å². The van der Waals surface area contributed by atoms with Gasteiger partial charge < -0.3 is 5.11 Å².